The second-order valence-electron chi connectivity index (χ2n) is 8.28. The second kappa shape index (κ2) is 9.61. The van der Waals surface area contributed by atoms with E-state index in [0.29, 0.717) is 17.8 Å². The molecule has 9 heteroatoms. The highest BCUT2D eigenvalue weighted by Gasteiger charge is 2.50. The number of para-hydroxylation sites is 1. The average Bonchev–Trinajstić information content (AvgIpc) is 3.07. The molecule has 0 aromatic heterocycles. The zero-order valence-corrected chi connectivity index (χ0v) is 20.4. The Balaban J connectivity index is 1.63. The SMILES string of the molecule is CCN=C(CC)Nc1ccc(CN2C(=O)C(O)(c3ccc(S(N)(=O)=O)cc3)c3ccccc32)cc1. The number of amides is 1. The summed E-state index contributed by atoms with van der Waals surface area (Å²) in [6.07, 6.45) is 0.797. The van der Waals surface area contributed by atoms with Gasteiger partial charge in [-0.2, -0.15) is 0 Å². The molecule has 3 aromatic rings. The molecule has 4 rings (SSSR count). The summed E-state index contributed by atoms with van der Waals surface area (Å²) in [6, 6.07) is 20.2. The fourth-order valence-corrected chi connectivity index (χ4v) is 4.75. The fraction of sp³-hybridized carbons (Fsp3) is 0.231. The van der Waals surface area contributed by atoms with Gasteiger partial charge in [0.25, 0.3) is 5.91 Å². The summed E-state index contributed by atoms with van der Waals surface area (Å²) >= 11 is 0. The quantitative estimate of drug-likeness (QED) is 0.345. The topological polar surface area (TPSA) is 125 Å². The molecule has 1 heterocycles. The normalized spacial score (nSPS) is 18.0. The molecule has 1 amide bonds. The van der Waals surface area contributed by atoms with Crippen LogP contribution >= 0.6 is 0 Å². The Bertz CT molecular complexity index is 1370. The van der Waals surface area contributed by atoms with E-state index in [1.54, 1.807) is 29.2 Å². The molecule has 1 aliphatic heterocycles. The van der Waals surface area contributed by atoms with Crippen LogP contribution in [0.2, 0.25) is 0 Å². The molecule has 0 radical (unpaired) electrons. The van der Waals surface area contributed by atoms with Crippen molar-refractivity contribution in [2.75, 3.05) is 16.8 Å². The molecule has 1 unspecified atom stereocenters. The van der Waals surface area contributed by atoms with Crippen LogP contribution in [0.4, 0.5) is 11.4 Å². The number of primary sulfonamides is 1. The lowest BCUT2D eigenvalue weighted by Gasteiger charge is -2.24. The van der Waals surface area contributed by atoms with Crippen LogP contribution in [0.15, 0.2) is 82.7 Å². The van der Waals surface area contributed by atoms with Gasteiger partial charge in [0.2, 0.25) is 10.0 Å². The average molecular weight is 493 g/mol. The number of nitrogens with zero attached hydrogens (tertiary/aromatic N) is 2. The number of aliphatic imine (C=N–C) groups is 1. The number of aliphatic hydroxyl groups is 1. The van der Waals surface area contributed by atoms with Gasteiger partial charge in [-0.05, 0) is 48.4 Å². The Morgan fingerprint density at radius 1 is 1.03 bits per heavy atom. The van der Waals surface area contributed by atoms with Crippen LogP contribution in [-0.4, -0.2) is 31.8 Å². The van der Waals surface area contributed by atoms with Gasteiger partial charge in [-0.1, -0.05) is 49.4 Å². The van der Waals surface area contributed by atoms with E-state index in [-0.39, 0.29) is 17.0 Å². The number of nitrogens with two attached hydrogens (primary N) is 1. The molecule has 8 nitrogen and oxygen atoms in total. The molecule has 0 spiro atoms. The number of hydrogen-bond donors (Lipinski definition) is 3. The molecule has 0 fully saturated rings. The van der Waals surface area contributed by atoms with Gasteiger partial charge in [-0.15, -0.1) is 0 Å². The Morgan fingerprint density at radius 3 is 2.29 bits per heavy atom. The molecule has 0 saturated carbocycles. The first-order valence-corrected chi connectivity index (χ1v) is 12.9. The minimum absolute atomic E-state index is 0.0932. The van der Waals surface area contributed by atoms with E-state index in [9.17, 15) is 18.3 Å². The number of anilines is 2. The number of nitrogens with one attached hydrogen (secondary N) is 1. The lowest BCUT2D eigenvalue weighted by atomic mass is 9.87. The number of hydrogen-bond acceptors (Lipinski definition) is 5. The highest BCUT2D eigenvalue weighted by atomic mass is 32.2. The van der Waals surface area contributed by atoms with Gasteiger partial charge in [-0.25, -0.2) is 13.6 Å². The summed E-state index contributed by atoms with van der Waals surface area (Å²) in [5, 5.41) is 20.1. The van der Waals surface area contributed by atoms with Gasteiger partial charge in [0.05, 0.1) is 17.1 Å². The molecule has 1 atom stereocenters. The van der Waals surface area contributed by atoms with Crippen molar-refractivity contribution in [1.29, 1.82) is 0 Å². The molecule has 4 N–H and O–H groups in total. The van der Waals surface area contributed by atoms with Crippen molar-refractivity contribution in [1.82, 2.24) is 0 Å². The smallest absolute Gasteiger partial charge is 0.268 e. The number of amidine groups is 1. The predicted molar refractivity (Wildman–Crippen MR) is 137 cm³/mol. The molecular formula is C26H28N4O4S. The molecule has 0 saturated heterocycles. The second-order valence-corrected chi connectivity index (χ2v) is 9.85. The van der Waals surface area contributed by atoms with Crippen LogP contribution in [0.5, 0.6) is 0 Å². The minimum atomic E-state index is -3.89. The standard InChI is InChI=1S/C26H28N4O4S/c1-3-24(28-4-2)29-20-13-9-18(10-14-20)17-30-23-8-6-5-7-22(23)26(32,25(30)31)19-11-15-21(16-12-19)35(27,33)34/h5-16,32H,3-4,17H2,1-2H3,(H,28,29)(H2,27,33,34). The zero-order chi connectivity index (χ0) is 25.2. The first-order valence-electron chi connectivity index (χ1n) is 11.3. The number of rotatable bonds is 7. The predicted octanol–water partition coefficient (Wildman–Crippen LogP) is 3.36. The molecule has 0 bridgehead atoms. The van der Waals surface area contributed by atoms with Crippen LogP contribution < -0.4 is 15.4 Å². The molecule has 35 heavy (non-hydrogen) atoms. The maximum atomic E-state index is 13.6. The van der Waals surface area contributed by atoms with Crippen molar-refractivity contribution < 1.29 is 18.3 Å². The third-order valence-electron chi connectivity index (χ3n) is 6.01. The van der Waals surface area contributed by atoms with Gasteiger partial charge in [0.1, 0.15) is 5.84 Å². The van der Waals surface area contributed by atoms with Gasteiger partial charge in [-0.3, -0.25) is 9.79 Å². The highest BCUT2D eigenvalue weighted by molar-refractivity contribution is 7.89. The van der Waals surface area contributed by atoms with Crippen LogP contribution in [0.25, 0.3) is 0 Å². The largest absolute Gasteiger partial charge is 0.372 e. The number of carbonyl (C=O) groups is 1. The summed E-state index contributed by atoms with van der Waals surface area (Å²) in [5.41, 5.74) is 1.16. The summed E-state index contributed by atoms with van der Waals surface area (Å²) in [4.78, 5) is 19.5. The Kier molecular flexibility index (Phi) is 6.75. The minimum Gasteiger partial charge on any atom is -0.372 e. The lowest BCUT2D eigenvalue weighted by Crippen LogP contribution is -2.40. The summed E-state index contributed by atoms with van der Waals surface area (Å²) in [5.74, 6) is 0.398. The van der Waals surface area contributed by atoms with Gasteiger partial charge < -0.3 is 15.3 Å². The van der Waals surface area contributed by atoms with Crippen molar-refractivity contribution in [3.63, 3.8) is 0 Å². The summed E-state index contributed by atoms with van der Waals surface area (Å²) in [7, 11) is -3.89. The van der Waals surface area contributed by atoms with E-state index < -0.39 is 21.5 Å². The Labute approximate surface area is 205 Å². The molecule has 3 aromatic carbocycles. The van der Waals surface area contributed by atoms with E-state index in [2.05, 4.69) is 10.3 Å². The number of benzene rings is 3. The molecule has 0 aliphatic carbocycles. The third-order valence-corrected chi connectivity index (χ3v) is 6.94. The van der Waals surface area contributed by atoms with Gasteiger partial charge >= 0.3 is 0 Å². The Morgan fingerprint density at radius 2 is 1.69 bits per heavy atom. The molecule has 1 aliphatic rings. The van der Waals surface area contributed by atoms with E-state index in [1.165, 1.54) is 24.3 Å². The van der Waals surface area contributed by atoms with Crippen LogP contribution in [-0.2, 0) is 27.0 Å². The first-order chi connectivity index (χ1) is 16.7. The van der Waals surface area contributed by atoms with E-state index in [0.717, 1.165) is 23.5 Å². The first kappa shape index (κ1) is 24.6. The van der Waals surface area contributed by atoms with Crippen molar-refractivity contribution in [2.45, 2.75) is 37.3 Å². The monoisotopic (exact) mass is 492 g/mol. The van der Waals surface area contributed by atoms with Crippen molar-refractivity contribution in [3.05, 3.63) is 89.5 Å². The van der Waals surface area contributed by atoms with Gasteiger partial charge in [0, 0.05) is 24.2 Å². The highest BCUT2D eigenvalue weighted by Crippen LogP contribution is 2.45. The fourth-order valence-electron chi connectivity index (χ4n) is 4.23. The lowest BCUT2D eigenvalue weighted by molar-refractivity contribution is -0.132. The van der Waals surface area contributed by atoms with Crippen LogP contribution in [0, 0.1) is 0 Å². The number of sulfonamides is 1. The zero-order valence-electron chi connectivity index (χ0n) is 19.6. The summed E-state index contributed by atoms with van der Waals surface area (Å²) in [6.45, 7) is 4.99. The van der Waals surface area contributed by atoms with Gasteiger partial charge in [0.15, 0.2) is 5.60 Å². The summed E-state index contributed by atoms with van der Waals surface area (Å²) < 4.78 is 23.3. The maximum absolute atomic E-state index is 13.6. The van der Waals surface area contributed by atoms with Crippen LogP contribution in [0.3, 0.4) is 0 Å². The molecule has 182 valence electrons. The van der Waals surface area contributed by atoms with Crippen LogP contribution in [0.1, 0.15) is 37.0 Å². The number of fused-ring (bicyclic) bond motifs is 1. The van der Waals surface area contributed by atoms with E-state index in [4.69, 9.17) is 5.14 Å². The number of carbonyl (C=O) groups excluding carboxylic acids is 1. The molecular weight excluding hydrogens is 464 g/mol. The van der Waals surface area contributed by atoms with E-state index in [1.807, 2.05) is 38.1 Å². The maximum Gasteiger partial charge on any atom is 0.268 e. The van der Waals surface area contributed by atoms with Crippen molar-refractivity contribution in [2.24, 2.45) is 10.1 Å². The van der Waals surface area contributed by atoms with E-state index >= 15 is 0 Å². The third kappa shape index (κ3) is 4.70. The Hall–Kier alpha value is -3.53. The van der Waals surface area contributed by atoms with Crippen molar-refractivity contribution in [3.8, 4) is 0 Å². The van der Waals surface area contributed by atoms with Crippen molar-refractivity contribution >= 4 is 33.1 Å².